The molecule has 0 atom stereocenters. The molecule has 0 amide bonds. The second-order valence-electron chi connectivity index (χ2n) is 9.08. The van der Waals surface area contributed by atoms with Crippen molar-refractivity contribution >= 4 is 22.4 Å². The number of aromatic amines is 1. The molecule has 1 aromatic carbocycles. The Bertz CT molecular complexity index is 995. The number of nitrogens with zero attached hydrogens (tertiary/aromatic N) is 1. The number of rotatable bonds is 7. The van der Waals surface area contributed by atoms with Gasteiger partial charge in [-0.3, -0.25) is 9.79 Å². The van der Waals surface area contributed by atoms with E-state index in [9.17, 15) is 9.90 Å². The number of carbonyl (C=O) groups excluding carboxylic acids is 1. The van der Waals surface area contributed by atoms with E-state index < -0.39 is 0 Å². The van der Waals surface area contributed by atoms with Gasteiger partial charge >= 0.3 is 0 Å². The third-order valence-electron chi connectivity index (χ3n) is 5.90. The molecular weight excluding hydrogens is 376 g/mol. The van der Waals surface area contributed by atoms with Crippen molar-refractivity contribution < 1.29 is 14.6 Å². The molecule has 30 heavy (non-hydrogen) atoms. The minimum Gasteiger partial charge on any atom is -0.511 e. The number of unbranched alkanes of at least 4 members (excludes halogenated alkanes) is 1. The molecule has 0 bridgehead atoms. The lowest BCUT2D eigenvalue weighted by molar-refractivity contribution is -0.117. The van der Waals surface area contributed by atoms with Gasteiger partial charge in [-0.1, -0.05) is 27.2 Å². The lowest BCUT2D eigenvalue weighted by Gasteiger charge is -2.31. The average molecular weight is 411 g/mol. The van der Waals surface area contributed by atoms with Gasteiger partial charge in [-0.05, 0) is 55.4 Å². The van der Waals surface area contributed by atoms with Crippen molar-refractivity contribution in [3.8, 4) is 5.75 Å². The molecule has 5 nitrogen and oxygen atoms in total. The van der Waals surface area contributed by atoms with Gasteiger partial charge in [0.2, 0.25) is 0 Å². The summed E-state index contributed by atoms with van der Waals surface area (Å²) in [4.78, 5) is 21.1. The number of aromatic nitrogens is 1. The number of methoxy groups -OCH3 is 1. The second-order valence-corrected chi connectivity index (χ2v) is 9.08. The van der Waals surface area contributed by atoms with Crippen LogP contribution >= 0.6 is 0 Å². The predicted molar refractivity (Wildman–Crippen MR) is 123 cm³/mol. The van der Waals surface area contributed by atoms with Gasteiger partial charge in [0, 0.05) is 41.7 Å². The largest absolute Gasteiger partial charge is 0.511 e. The molecule has 0 saturated heterocycles. The number of ketones is 1. The molecular formula is C25H34N2O3. The Labute approximate surface area is 179 Å². The quantitative estimate of drug-likeness (QED) is 0.443. The van der Waals surface area contributed by atoms with Crippen molar-refractivity contribution in [3.63, 3.8) is 0 Å². The Hall–Kier alpha value is -2.56. The summed E-state index contributed by atoms with van der Waals surface area (Å²) < 4.78 is 5.38. The number of hydrogen-bond acceptors (Lipinski definition) is 4. The lowest BCUT2D eigenvalue weighted by atomic mass is 9.73. The highest BCUT2D eigenvalue weighted by Crippen LogP contribution is 2.36. The number of aryl methyl sites for hydroxylation is 1. The fraction of sp³-hybridized carbons (Fsp3) is 0.520. The van der Waals surface area contributed by atoms with E-state index in [2.05, 4.69) is 38.7 Å². The number of Topliss-reactive ketones (excluding diaryl/α,β-unsaturated/α-hetero) is 1. The molecule has 3 rings (SSSR count). The number of fused-ring (bicyclic) bond motifs is 1. The van der Waals surface area contributed by atoms with Gasteiger partial charge < -0.3 is 14.8 Å². The fourth-order valence-corrected chi connectivity index (χ4v) is 4.33. The van der Waals surface area contributed by atoms with Crippen molar-refractivity contribution in [1.29, 1.82) is 0 Å². The predicted octanol–water partition coefficient (Wildman–Crippen LogP) is 5.86. The van der Waals surface area contributed by atoms with E-state index in [1.165, 1.54) is 5.56 Å². The first kappa shape index (κ1) is 22.1. The highest BCUT2D eigenvalue weighted by atomic mass is 16.5. The molecule has 0 unspecified atom stereocenters. The zero-order chi connectivity index (χ0) is 21.9. The molecule has 5 heteroatoms. The van der Waals surface area contributed by atoms with Gasteiger partial charge in [0.15, 0.2) is 5.78 Å². The first-order valence-electron chi connectivity index (χ1n) is 10.9. The average Bonchev–Trinajstić information content (AvgIpc) is 2.99. The Balaban J connectivity index is 1.88. The molecule has 0 aliphatic heterocycles. The molecule has 2 N–H and O–H groups in total. The van der Waals surface area contributed by atoms with Crippen molar-refractivity contribution in [2.45, 2.75) is 66.2 Å². The molecule has 1 aliphatic rings. The topological polar surface area (TPSA) is 74.7 Å². The van der Waals surface area contributed by atoms with Crippen LogP contribution in [0.3, 0.4) is 0 Å². The number of aliphatic imine (C=N–C) groups is 1. The van der Waals surface area contributed by atoms with Gasteiger partial charge in [0.1, 0.15) is 11.5 Å². The Kier molecular flexibility index (Phi) is 6.69. The summed E-state index contributed by atoms with van der Waals surface area (Å²) in [6.45, 7) is 8.92. The number of H-pyrrole nitrogens is 1. The van der Waals surface area contributed by atoms with Gasteiger partial charge in [-0.2, -0.15) is 0 Å². The van der Waals surface area contributed by atoms with E-state index >= 15 is 0 Å². The van der Waals surface area contributed by atoms with E-state index in [-0.39, 0.29) is 17.0 Å². The molecule has 1 aromatic heterocycles. The molecule has 162 valence electrons. The van der Waals surface area contributed by atoms with Crippen molar-refractivity contribution in [3.05, 3.63) is 40.8 Å². The Morgan fingerprint density at radius 2 is 2.07 bits per heavy atom. The van der Waals surface area contributed by atoms with Crippen LogP contribution in [0.15, 0.2) is 34.5 Å². The van der Waals surface area contributed by atoms with E-state index in [1.54, 1.807) is 7.11 Å². The third kappa shape index (κ3) is 4.77. The van der Waals surface area contributed by atoms with Crippen LogP contribution in [-0.4, -0.2) is 35.2 Å². The summed E-state index contributed by atoms with van der Waals surface area (Å²) >= 11 is 0. The maximum absolute atomic E-state index is 12.8. The second kappa shape index (κ2) is 9.07. The molecule has 1 saturated carbocycles. The summed E-state index contributed by atoms with van der Waals surface area (Å²) in [6, 6.07) is 6.04. The number of allylic oxidation sites excluding steroid dienone is 2. The van der Waals surface area contributed by atoms with E-state index in [0.29, 0.717) is 31.4 Å². The van der Waals surface area contributed by atoms with Crippen LogP contribution in [0.2, 0.25) is 0 Å². The SMILES string of the molecule is CCCC/C(O)=C1\C(=O)CC(C)(C)CC1=NCCc1c(C)[nH]c2ccc(OC)cc12. The maximum atomic E-state index is 12.8. The minimum absolute atomic E-state index is 0.0200. The Morgan fingerprint density at radius 3 is 2.77 bits per heavy atom. The normalized spacial score (nSPS) is 19.5. The number of ether oxygens (including phenoxy) is 1. The summed E-state index contributed by atoms with van der Waals surface area (Å²) in [5.41, 5.74) is 4.53. The van der Waals surface area contributed by atoms with Gasteiger partial charge in [0.05, 0.1) is 12.7 Å². The first-order valence-corrected chi connectivity index (χ1v) is 10.9. The molecule has 0 radical (unpaired) electrons. The van der Waals surface area contributed by atoms with E-state index in [4.69, 9.17) is 9.73 Å². The zero-order valence-corrected chi connectivity index (χ0v) is 18.9. The molecule has 1 aliphatic carbocycles. The minimum atomic E-state index is -0.130. The summed E-state index contributed by atoms with van der Waals surface area (Å²) in [6.07, 6.45) is 4.32. The van der Waals surface area contributed by atoms with Gasteiger partial charge in [-0.25, -0.2) is 0 Å². The van der Waals surface area contributed by atoms with Crippen LogP contribution in [-0.2, 0) is 11.2 Å². The van der Waals surface area contributed by atoms with E-state index in [0.717, 1.165) is 47.3 Å². The summed E-state index contributed by atoms with van der Waals surface area (Å²) in [5, 5.41) is 11.7. The standard InChI is InChI=1S/C25H34N2O3/c1-6-7-8-22(28)24-21(14-25(3,4)15-23(24)29)26-12-11-18-16(2)27-20-10-9-17(30-5)13-19(18)20/h9-10,13,27-28H,6-8,11-12,14-15H2,1-5H3/b24-22+,26-21?. The number of benzene rings is 1. The smallest absolute Gasteiger partial charge is 0.168 e. The van der Waals surface area contributed by atoms with Crippen LogP contribution in [0.4, 0.5) is 0 Å². The van der Waals surface area contributed by atoms with Crippen LogP contribution in [0.25, 0.3) is 10.9 Å². The molecule has 1 fully saturated rings. The van der Waals surface area contributed by atoms with Crippen molar-refractivity contribution in [2.75, 3.05) is 13.7 Å². The monoisotopic (exact) mass is 410 g/mol. The number of aliphatic hydroxyl groups excluding tert-OH is 1. The lowest BCUT2D eigenvalue weighted by Crippen LogP contribution is -2.33. The van der Waals surface area contributed by atoms with Crippen LogP contribution in [0.5, 0.6) is 5.75 Å². The molecule has 1 heterocycles. The van der Waals surface area contributed by atoms with Gasteiger partial charge in [0.25, 0.3) is 0 Å². The number of carbonyl (C=O) groups is 1. The van der Waals surface area contributed by atoms with Crippen molar-refractivity contribution in [2.24, 2.45) is 10.4 Å². The van der Waals surface area contributed by atoms with E-state index in [1.807, 2.05) is 12.1 Å². The van der Waals surface area contributed by atoms with Crippen molar-refractivity contribution in [1.82, 2.24) is 4.98 Å². The highest BCUT2D eigenvalue weighted by Gasteiger charge is 2.35. The van der Waals surface area contributed by atoms with Crippen LogP contribution in [0, 0.1) is 12.3 Å². The summed E-state index contributed by atoms with van der Waals surface area (Å²) in [5.74, 6) is 1.07. The summed E-state index contributed by atoms with van der Waals surface area (Å²) in [7, 11) is 1.67. The maximum Gasteiger partial charge on any atom is 0.168 e. The molecule has 2 aromatic rings. The van der Waals surface area contributed by atoms with Crippen LogP contribution < -0.4 is 4.74 Å². The Morgan fingerprint density at radius 1 is 1.30 bits per heavy atom. The number of nitrogens with one attached hydrogen (secondary N) is 1. The first-order chi connectivity index (χ1) is 14.3. The van der Waals surface area contributed by atoms with Crippen LogP contribution in [0.1, 0.15) is 64.1 Å². The highest BCUT2D eigenvalue weighted by molar-refractivity contribution is 6.24. The number of hydrogen-bond donors (Lipinski definition) is 2. The van der Waals surface area contributed by atoms with Gasteiger partial charge in [-0.15, -0.1) is 0 Å². The number of aliphatic hydroxyl groups is 1. The fourth-order valence-electron chi connectivity index (χ4n) is 4.33. The molecule has 0 spiro atoms. The zero-order valence-electron chi connectivity index (χ0n) is 18.9. The third-order valence-corrected chi connectivity index (χ3v) is 5.90.